The third kappa shape index (κ3) is 2.11. The SMILES string of the molecule is O=C(c1cc(F)ccc1F)N1CCOc2ccccc21. The molecule has 2 aromatic carbocycles. The van der Waals surface area contributed by atoms with Gasteiger partial charge >= 0.3 is 0 Å². The normalized spacial score (nSPS) is 13.6. The van der Waals surface area contributed by atoms with Gasteiger partial charge < -0.3 is 9.64 Å². The van der Waals surface area contributed by atoms with E-state index < -0.39 is 17.5 Å². The molecule has 3 nitrogen and oxygen atoms in total. The van der Waals surface area contributed by atoms with Gasteiger partial charge in [0.2, 0.25) is 0 Å². The number of hydrogen-bond donors (Lipinski definition) is 0. The predicted octanol–water partition coefficient (Wildman–Crippen LogP) is 3.00. The van der Waals surface area contributed by atoms with E-state index in [1.807, 2.05) is 0 Å². The second-order valence-electron chi connectivity index (χ2n) is 4.40. The Hall–Kier alpha value is -2.43. The molecular weight excluding hydrogens is 264 g/mol. The van der Waals surface area contributed by atoms with Crippen LogP contribution in [0.1, 0.15) is 10.4 Å². The minimum absolute atomic E-state index is 0.276. The maximum Gasteiger partial charge on any atom is 0.261 e. The van der Waals surface area contributed by atoms with E-state index in [1.54, 1.807) is 24.3 Å². The number of benzene rings is 2. The average molecular weight is 275 g/mol. The Labute approximate surface area is 114 Å². The maximum absolute atomic E-state index is 13.7. The van der Waals surface area contributed by atoms with Crippen LogP contribution >= 0.6 is 0 Å². The molecular formula is C15H11F2NO2. The number of amides is 1. The first-order chi connectivity index (χ1) is 9.66. The van der Waals surface area contributed by atoms with Crippen molar-refractivity contribution in [3.63, 3.8) is 0 Å². The monoisotopic (exact) mass is 275 g/mol. The van der Waals surface area contributed by atoms with Crippen LogP contribution in [0.2, 0.25) is 0 Å². The first-order valence-electron chi connectivity index (χ1n) is 6.15. The van der Waals surface area contributed by atoms with Crippen LogP contribution < -0.4 is 9.64 Å². The first-order valence-corrected chi connectivity index (χ1v) is 6.15. The van der Waals surface area contributed by atoms with Crippen molar-refractivity contribution in [3.05, 3.63) is 59.7 Å². The Morgan fingerprint density at radius 1 is 1.15 bits per heavy atom. The molecule has 2 aromatic rings. The molecule has 0 spiro atoms. The second kappa shape index (κ2) is 4.92. The molecule has 0 unspecified atom stereocenters. The molecule has 0 fully saturated rings. The molecule has 0 aliphatic carbocycles. The number of anilines is 1. The van der Waals surface area contributed by atoms with Crippen LogP contribution in [0, 0.1) is 11.6 Å². The lowest BCUT2D eigenvalue weighted by Gasteiger charge is -2.29. The van der Waals surface area contributed by atoms with Crippen molar-refractivity contribution in [1.82, 2.24) is 0 Å². The van der Waals surface area contributed by atoms with E-state index in [0.717, 1.165) is 18.2 Å². The number of carbonyl (C=O) groups excluding carboxylic acids is 1. The molecule has 3 rings (SSSR count). The Bertz CT molecular complexity index is 673. The van der Waals surface area contributed by atoms with E-state index in [-0.39, 0.29) is 5.56 Å². The number of para-hydroxylation sites is 2. The highest BCUT2D eigenvalue weighted by Gasteiger charge is 2.26. The van der Waals surface area contributed by atoms with E-state index in [2.05, 4.69) is 0 Å². The molecule has 0 N–H and O–H groups in total. The van der Waals surface area contributed by atoms with Gasteiger partial charge in [0.25, 0.3) is 5.91 Å². The number of ether oxygens (including phenoxy) is 1. The quantitative estimate of drug-likeness (QED) is 0.800. The van der Waals surface area contributed by atoms with Crippen LogP contribution in [0.15, 0.2) is 42.5 Å². The van der Waals surface area contributed by atoms with Crippen molar-refractivity contribution in [2.45, 2.75) is 0 Å². The molecule has 0 saturated carbocycles. The molecule has 1 aliphatic rings. The lowest BCUT2D eigenvalue weighted by atomic mass is 10.1. The van der Waals surface area contributed by atoms with Crippen molar-refractivity contribution >= 4 is 11.6 Å². The van der Waals surface area contributed by atoms with E-state index in [0.29, 0.717) is 24.6 Å². The molecule has 0 atom stereocenters. The van der Waals surface area contributed by atoms with Crippen molar-refractivity contribution in [2.24, 2.45) is 0 Å². The lowest BCUT2D eigenvalue weighted by Crippen LogP contribution is -2.38. The predicted molar refractivity (Wildman–Crippen MR) is 70.0 cm³/mol. The molecule has 0 aromatic heterocycles. The molecule has 102 valence electrons. The zero-order valence-corrected chi connectivity index (χ0v) is 10.5. The molecule has 1 heterocycles. The fourth-order valence-electron chi connectivity index (χ4n) is 2.19. The highest BCUT2D eigenvalue weighted by Crippen LogP contribution is 2.32. The molecule has 0 bridgehead atoms. The summed E-state index contributed by atoms with van der Waals surface area (Å²) in [4.78, 5) is 13.8. The molecule has 1 amide bonds. The standard InChI is InChI=1S/C15H11F2NO2/c16-10-5-6-12(17)11(9-10)15(19)18-7-8-20-14-4-2-1-3-13(14)18/h1-6,9H,7-8H2. The Kier molecular flexibility index (Phi) is 3.10. The number of halogens is 2. The van der Waals surface area contributed by atoms with Crippen LogP contribution in [0.3, 0.4) is 0 Å². The summed E-state index contributed by atoms with van der Waals surface area (Å²) >= 11 is 0. The van der Waals surface area contributed by atoms with Gasteiger partial charge in [0.15, 0.2) is 0 Å². The van der Waals surface area contributed by atoms with Gasteiger partial charge in [-0.3, -0.25) is 4.79 Å². The van der Waals surface area contributed by atoms with Crippen LogP contribution in [0.4, 0.5) is 14.5 Å². The number of hydrogen-bond acceptors (Lipinski definition) is 2. The second-order valence-corrected chi connectivity index (χ2v) is 4.40. The van der Waals surface area contributed by atoms with Gasteiger partial charge in [-0.15, -0.1) is 0 Å². The zero-order valence-electron chi connectivity index (χ0n) is 10.5. The van der Waals surface area contributed by atoms with E-state index >= 15 is 0 Å². The van der Waals surface area contributed by atoms with Gasteiger partial charge in [-0.05, 0) is 30.3 Å². The summed E-state index contributed by atoms with van der Waals surface area (Å²) in [5.74, 6) is -1.39. The Morgan fingerprint density at radius 2 is 1.95 bits per heavy atom. The van der Waals surface area contributed by atoms with Crippen molar-refractivity contribution in [2.75, 3.05) is 18.1 Å². The summed E-state index contributed by atoms with van der Waals surface area (Å²) < 4.78 is 32.3. The van der Waals surface area contributed by atoms with Gasteiger partial charge in [-0.1, -0.05) is 12.1 Å². The van der Waals surface area contributed by atoms with Gasteiger partial charge in [0, 0.05) is 0 Å². The minimum Gasteiger partial charge on any atom is -0.490 e. The molecule has 0 radical (unpaired) electrons. The largest absolute Gasteiger partial charge is 0.490 e. The summed E-state index contributed by atoms with van der Waals surface area (Å²) in [6.07, 6.45) is 0. The fraction of sp³-hybridized carbons (Fsp3) is 0.133. The molecule has 1 aliphatic heterocycles. The lowest BCUT2D eigenvalue weighted by molar-refractivity contribution is 0.0972. The van der Waals surface area contributed by atoms with Crippen LogP contribution in [0.25, 0.3) is 0 Å². The maximum atomic E-state index is 13.7. The number of fused-ring (bicyclic) bond motifs is 1. The first kappa shape index (κ1) is 12.6. The highest BCUT2D eigenvalue weighted by atomic mass is 19.1. The van der Waals surface area contributed by atoms with Crippen molar-refractivity contribution in [3.8, 4) is 5.75 Å². The molecule has 5 heteroatoms. The van der Waals surface area contributed by atoms with E-state index in [4.69, 9.17) is 4.74 Å². The van der Waals surface area contributed by atoms with Gasteiger partial charge in [0.1, 0.15) is 24.0 Å². The van der Waals surface area contributed by atoms with Crippen molar-refractivity contribution in [1.29, 1.82) is 0 Å². The number of nitrogens with zero attached hydrogens (tertiary/aromatic N) is 1. The average Bonchev–Trinajstić information content (AvgIpc) is 2.48. The topological polar surface area (TPSA) is 29.5 Å². The third-order valence-electron chi connectivity index (χ3n) is 3.13. The van der Waals surface area contributed by atoms with Crippen molar-refractivity contribution < 1.29 is 18.3 Å². The van der Waals surface area contributed by atoms with Gasteiger partial charge in [-0.25, -0.2) is 8.78 Å². The number of rotatable bonds is 1. The third-order valence-corrected chi connectivity index (χ3v) is 3.13. The minimum atomic E-state index is -0.736. The van der Waals surface area contributed by atoms with Crippen LogP contribution in [-0.4, -0.2) is 19.1 Å². The zero-order chi connectivity index (χ0) is 14.1. The summed E-state index contributed by atoms with van der Waals surface area (Å²) in [7, 11) is 0. The highest BCUT2D eigenvalue weighted by molar-refractivity contribution is 6.07. The molecule has 20 heavy (non-hydrogen) atoms. The smallest absolute Gasteiger partial charge is 0.261 e. The van der Waals surface area contributed by atoms with Gasteiger partial charge in [-0.2, -0.15) is 0 Å². The Balaban J connectivity index is 2.02. The van der Waals surface area contributed by atoms with E-state index in [1.165, 1.54) is 4.90 Å². The Morgan fingerprint density at radius 3 is 2.80 bits per heavy atom. The van der Waals surface area contributed by atoms with Crippen LogP contribution in [0.5, 0.6) is 5.75 Å². The fourth-order valence-corrected chi connectivity index (χ4v) is 2.19. The summed E-state index contributed by atoms with van der Waals surface area (Å²) in [5, 5.41) is 0. The van der Waals surface area contributed by atoms with Gasteiger partial charge in [0.05, 0.1) is 17.8 Å². The summed E-state index contributed by atoms with van der Waals surface area (Å²) in [6, 6.07) is 9.84. The molecule has 0 saturated heterocycles. The summed E-state index contributed by atoms with van der Waals surface area (Å²) in [6.45, 7) is 0.617. The number of carbonyl (C=O) groups is 1. The summed E-state index contributed by atoms with van der Waals surface area (Å²) in [5.41, 5.74) is 0.286. The van der Waals surface area contributed by atoms with E-state index in [9.17, 15) is 13.6 Å². The van der Waals surface area contributed by atoms with Crippen LogP contribution in [-0.2, 0) is 0 Å².